The molecule has 0 atom stereocenters. The standard InChI is InChI=1S/C20H21ClN4O6S/c21-16-12-24-18-15(16)5-2-6-17(18)25-32(29,30)14-4-1-3-13(11-14)19(26)22-7-9-31-10-8-23-20(27)28/h1-6,11-12,23-25H,7-10H2,(H,22,26)(H,27,28). The molecular weight excluding hydrogens is 460 g/mol. The van der Waals surface area contributed by atoms with Gasteiger partial charge in [0.15, 0.2) is 0 Å². The zero-order valence-electron chi connectivity index (χ0n) is 16.7. The van der Waals surface area contributed by atoms with Gasteiger partial charge in [-0.25, -0.2) is 13.2 Å². The van der Waals surface area contributed by atoms with Crippen LogP contribution in [0.1, 0.15) is 10.4 Å². The van der Waals surface area contributed by atoms with E-state index in [2.05, 4.69) is 20.3 Å². The van der Waals surface area contributed by atoms with Crippen molar-refractivity contribution in [3.05, 3.63) is 59.2 Å². The summed E-state index contributed by atoms with van der Waals surface area (Å²) in [5.74, 6) is -0.465. The van der Waals surface area contributed by atoms with Gasteiger partial charge in [0.1, 0.15) is 0 Å². The van der Waals surface area contributed by atoms with E-state index < -0.39 is 22.0 Å². The van der Waals surface area contributed by atoms with Crippen LogP contribution in [0, 0.1) is 0 Å². The van der Waals surface area contributed by atoms with Crippen molar-refractivity contribution in [3.63, 3.8) is 0 Å². The Kier molecular flexibility index (Phi) is 7.57. The number of carbonyl (C=O) groups excluding carboxylic acids is 1. The third kappa shape index (κ3) is 5.90. The number of halogens is 1. The summed E-state index contributed by atoms with van der Waals surface area (Å²) in [6, 6.07) is 10.7. The normalized spacial score (nSPS) is 11.3. The molecule has 0 saturated heterocycles. The monoisotopic (exact) mass is 480 g/mol. The number of carbonyl (C=O) groups is 2. The topological polar surface area (TPSA) is 150 Å². The summed E-state index contributed by atoms with van der Waals surface area (Å²) in [4.78, 5) is 25.5. The van der Waals surface area contributed by atoms with Gasteiger partial charge in [-0.05, 0) is 24.3 Å². The number of anilines is 1. The second kappa shape index (κ2) is 10.4. The average Bonchev–Trinajstić information content (AvgIpc) is 3.14. The Labute approximate surface area is 189 Å². The number of aromatic amines is 1. The Morgan fingerprint density at radius 1 is 1.06 bits per heavy atom. The van der Waals surface area contributed by atoms with Gasteiger partial charge < -0.3 is 25.5 Å². The van der Waals surface area contributed by atoms with Crippen molar-refractivity contribution in [1.82, 2.24) is 15.6 Å². The molecule has 0 aliphatic rings. The average molecular weight is 481 g/mol. The van der Waals surface area contributed by atoms with Crippen LogP contribution < -0.4 is 15.4 Å². The number of ether oxygens (including phenoxy) is 1. The Bertz CT molecular complexity index is 1230. The molecule has 0 radical (unpaired) electrons. The highest BCUT2D eigenvalue weighted by molar-refractivity contribution is 7.92. The minimum absolute atomic E-state index is 0.0733. The number of para-hydroxylation sites is 1. The highest BCUT2D eigenvalue weighted by atomic mass is 35.5. The lowest BCUT2D eigenvalue weighted by molar-refractivity contribution is 0.0916. The number of hydrogen-bond donors (Lipinski definition) is 5. The van der Waals surface area contributed by atoms with Gasteiger partial charge in [0.25, 0.3) is 15.9 Å². The van der Waals surface area contributed by atoms with Crippen molar-refractivity contribution in [2.24, 2.45) is 0 Å². The number of fused-ring (bicyclic) bond motifs is 1. The van der Waals surface area contributed by atoms with Gasteiger partial charge in [-0.1, -0.05) is 29.8 Å². The smallest absolute Gasteiger partial charge is 0.404 e. The molecule has 1 heterocycles. The number of benzene rings is 2. The number of H-pyrrole nitrogens is 1. The Balaban J connectivity index is 1.61. The first-order valence-corrected chi connectivity index (χ1v) is 11.4. The molecule has 3 rings (SSSR count). The van der Waals surface area contributed by atoms with Gasteiger partial charge in [0.2, 0.25) is 0 Å². The Morgan fingerprint density at radius 3 is 2.53 bits per heavy atom. The maximum atomic E-state index is 12.9. The predicted octanol–water partition coefficient (Wildman–Crippen LogP) is 2.64. The molecule has 2 aromatic carbocycles. The Morgan fingerprint density at radius 2 is 1.78 bits per heavy atom. The molecule has 0 saturated carbocycles. The summed E-state index contributed by atoms with van der Waals surface area (Å²) in [6.07, 6.45) is 0.432. The molecule has 12 heteroatoms. The summed E-state index contributed by atoms with van der Waals surface area (Å²) in [5, 5.41) is 14.4. The molecule has 2 amide bonds. The maximum Gasteiger partial charge on any atom is 0.404 e. The third-order valence-corrected chi connectivity index (χ3v) is 6.05. The highest BCUT2D eigenvalue weighted by Crippen LogP contribution is 2.29. The van der Waals surface area contributed by atoms with Gasteiger partial charge in [0, 0.05) is 30.2 Å². The molecule has 0 spiro atoms. The fourth-order valence-electron chi connectivity index (χ4n) is 2.88. The molecule has 0 aliphatic carbocycles. The van der Waals surface area contributed by atoms with Gasteiger partial charge in [-0.2, -0.15) is 0 Å². The predicted molar refractivity (Wildman–Crippen MR) is 120 cm³/mol. The summed E-state index contributed by atoms with van der Waals surface area (Å²) >= 11 is 6.09. The van der Waals surface area contributed by atoms with E-state index in [4.69, 9.17) is 21.4 Å². The van der Waals surface area contributed by atoms with Gasteiger partial charge in [-0.15, -0.1) is 0 Å². The molecule has 0 aliphatic heterocycles. The molecule has 5 N–H and O–H groups in total. The molecule has 3 aromatic rings. The Hall–Kier alpha value is -3.28. The molecular formula is C20H21ClN4O6S. The van der Waals surface area contributed by atoms with E-state index in [0.29, 0.717) is 21.6 Å². The molecule has 10 nitrogen and oxygen atoms in total. The molecule has 0 unspecified atom stereocenters. The lowest BCUT2D eigenvalue weighted by Crippen LogP contribution is -2.29. The molecule has 1 aromatic heterocycles. The number of rotatable bonds is 10. The summed E-state index contributed by atoms with van der Waals surface area (Å²) in [6.45, 7) is 0.658. The molecule has 32 heavy (non-hydrogen) atoms. The van der Waals surface area contributed by atoms with Gasteiger partial charge in [-0.3, -0.25) is 9.52 Å². The number of nitrogens with one attached hydrogen (secondary N) is 4. The minimum atomic E-state index is -3.97. The van der Waals surface area contributed by atoms with Crippen LogP contribution in [0.2, 0.25) is 5.02 Å². The van der Waals surface area contributed by atoms with Gasteiger partial charge >= 0.3 is 6.09 Å². The van der Waals surface area contributed by atoms with Crippen molar-refractivity contribution < 1.29 is 27.9 Å². The van der Waals surface area contributed by atoms with Crippen LogP contribution in [-0.2, 0) is 14.8 Å². The second-order valence-corrected chi connectivity index (χ2v) is 8.69. The van der Waals surface area contributed by atoms with Crippen LogP contribution in [0.25, 0.3) is 10.9 Å². The van der Waals surface area contributed by atoms with Crippen LogP contribution in [-0.4, -0.2) is 56.8 Å². The van der Waals surface area contributed by atoms with Crippen molar-refractivity contribution in [3.8, 4) is 0 Å². The lowest BCUT2D eigenvalue weighted by Gasteiger charge is -2.11. The summed E-state index contributed by atoms with van der Waals surface area (Å²) in [5.41, 5.74) is 1.05. The quantitative estimate of drug-likeness (QED) is 0.281. The summed E-state index contributed by atoms with van der Waals surface area (Å²) < 4.78 is 33.5. The summed E-state index contributed by atoms with van der Waals surface area (Å²) in [7, 11) is -3.97. The SMILES string of the molecule is O=C(O)NCCOCCNC(=O)c1cccc(S(=O)(=O)Nc2cccc3c(Cl)c[nH]c23)c1. The lowest BCUT2D eigenvalue weighted by atomic mass is 10.2. The van der Waals surface area contributed by atoms with Crippen molar-refractivity contribution in [2.45, 2.75) is 4.90 Å². The van der Waals surface area contributed by atoms with Gasteiger partial charge in [0.05, 0.1) is 34.3 Å². The fraction of sp³-hybridized carbons (Fsp3) is 0.200. The number of hydrogen-bond acceptors (Lipinski definition) is 5. The third-order valence-electron chi connectivity index (χ3n) is 4.37. The second-order valence-electron chi connectivity index (χ2n) is 6.60. The number of amides is 2. The number of sulfonamides is 1. The van der Waals surface area contributed by atoms with Crippen LogP contribution >= 0.6 is 11.6 Å². The van der Waals surface area contributed by atoms with E-state index in [1.807, 2.05) is 0 Å². The van der Waals surface area contributed by atoms with Crippen LogP contribution in [0.15, 0.2) is 53.6 Å². The fourth-order valence-corrected chi connectivity index (χ4v) is 4.21. The first kappa shape index (κ1) is 23.4. The van der Waals surface area contributed by atoms with Crippen LogP contribution in [0.3, 0.4) is 0 Å². The maximum absolute atomic E-state index is 12.9. The van der Waals surface area contributed by atoms with E-state index in [1.165, 1.54) is 24.3 Å². The van der Waals surface area contributed by atoms with Crippen LogP contribution in [0.5, 0.6) is 0 Å². The van der Waals surface area contributed by atoms with E-state index in [0.717, 1.165) is 0 Å². The molecule has 0 bridgehead atoms. The zero-order chi connectivity index (χ0) is 23.1. The van der Waals surface area contributed by atoms with Crippen molar-refractivity contribution >= 4 is 50.2 Å². The first-order chi connectivity index (χ1) is 15.3. The van der Waals surface area contributed by atoms with E-state index in [9.17, 15) is 18.0 Å². The van der Waals surface area contributed by atoms with Crippen molar-refractivity contribution in [1.29, 1.82) is 0 Å². The molecule has 170 valence electrons. The number of carboxylic acid groups (broad SMARTS) is 1. The highest BCUT2D eigenvalue weighted by Gasteiger charge is 2.18. The van der Waals surface area contributed by atoms with E-state index in [-0.39, 0.29) is 36.8 Å². The molecule has 0 fully saturated rings. The van der Waals surface area contributed by atoms with E-state index in [1.54, 1.807) is 24.4 Å². The first-order valence-electron chi connectivity index (χ1n) is 9.49. The minimum Gasteiger partial charge on any atom is -0.465 e. The van der Waals surface area contributed by atoms with E-state index >= 15 is 0 Å². The number of aromatic nitrogens is 1. The largest absolute Gasteiger partial charge is 0.465 e. The zero-order valence-corrected chi connectivity index (χ0v) is 18.3. The van der Waals surface area contributed by atoms with Crippen molar-refractivity contribution in [2.75, 3.05) is 31.0 Å². The van der Waals surface area contributed by atoms with Crippen LogP contribution in [0.4, 0.5) is 10.5 Å².